The lowest BCUT2D eigenvalue weighted by atomic mass is 9.92. The van der Waals surface area contributed by atoms with Crippen LogP contribution in [0.25, 0.3) is 0 Å². The summed E-state index contributed by atoms with van der Waals surface area (Å²) in [5.74, 6) is 0.540. The fourth-order valence-electron chi connectivity index (χ4n) is 2.34. The predicted molar refractivity (Wildman–Crippen MR) is 66.0 cm³/mol. The molecule has 5 heteroatoms. The number of piperidine rings is 1. The molecule has 1 aliphatic heterocycles. The fraction of sp³-hybridized carbons (Fsp3) is 0.583. The van der Waals surface area contributed by atoms with Gasteiger partial charge in [0.25, 0.3) is 5.91 Å². The molecular formula is C12H17ClN2O2. The smallest absolute Gasteiger partial charge is 0.259 e. The van der Waals surface area contributed by atoms with Gasteiger partial charge in [-0.15, -0.1) is 0 Å². The van der Waals surface area contributed by atoms with Gasteiger partial charge in [0, 0.05) is 19.1 Å². The van der Waals surface area contributed by atoms with Crippen LogP contribution in [-0.4, -0.2) is 29.9 Å². The standard InChI is InChI=1S/C12H17ClN2O2/c1-8-2-4-15(9(6-8)7-14)12(16)10-3-5-17-11(10)13/h3,5,8-9H,2,4,6-7,14H2,1H3. The number of amides is 1. The number of halogens is 1. The summed E-state index contributed by atoms with van der Waals surface area (Å²) < 4.78 is 4.95. The van der Waals surface area contributed by atoms with E-state index in [4.69, 9.17) is 21.8 Å². The first kappa shape index (κ1) is 12.5. The molecule has 1 amide bonds. The third kappa shape index (κ3) is 2.48. The highest BCUT2D eigenvalue weighted by molar-refractivity contribution is 6.32. The molecule has 0 saturated carbocycles. The fourth-order valence-corrected chi connectivity index (χ4v) is 2.54. The Labute approximate surface area is 106 Å². The lowest BCUT2D eigenvalue weighted by molar-refractivity contribution is 0.0573. The Bertz CT molecular complexity index is 405. The van der Waals surface area contributed by atoms with E-state index in [1.807, 2.05) is 4.90 Å². The van der Waals surface area contributed by atoms with Crippen LogP contribution in [0.4, 0.5) is 0 Å². The highest BCUT2D eigenvalue weighted by Gasteiger charge is 2.31. The molecule has 0 radical (unpaired) electrons. The molecule has 1 saturated heterocycles. The number of rotatable bonds is 2. The summed E-state index contributed by atoms with van der Waals surface area (Å²) in [4.78, 5) is 14.1. The third-order valence-corrected chi connectivity index (χ3v) is 3.65. The Morgan fingerprint density at radius 1 is 1.71 bits per heavy atom. The second-order valence-corrected chi connectivity index (χ2v) is 4.97. The summed E-state index contributed by atoms with van der Waals surface area (Å²) in [7, 11) is 0. The quantitative estimate of drug-likeness (QED) is 0.882. The van der Waals surface area contributed by atoms with Crippen molar-refractivity contribution in [1.29, 1.82) is 0 Å². The number of nitrogens with two attached hydrogens (primary N) is 1. The highest BCUT2D eigenvalue weighted by Crippen LogP contribution is 2.26. The Balaban J connectivity index is 2.16. The molecular weight excluding hydrogens is 240 g/mol. The van der Waals surface area contributed by atoms with Crippen LogP contribution in [0.3, 0.4) is 0 Å². The van der Waals surface area contributed by atoms with Gasteiger partial charge in [0.05, 0.1) is 11.8 Å². The first-order valence-corrected chi connectivity index (χ1v) is 6.25. The maximum absolute atomic E-state index is 12.3. The molecule has 4 nitrogen and oxygen atoms in total. The van der Waals surface area contributed by atoms with Gasteiger partial charge < -0.3 is 15.1 Å². The molecule has 0 aromatic carbocycles. The van der Waals surface area contributed by atoms with Gasteiger partial charge >= 0.3 is 0 Å². The largest absolute Gasteiger partial charge is 0.452 e. The Morgan fingerprint density at radius 3 is 3.06 bits per heavy atom. The van der Waals surface area contributed by atoms with Crippen LogP contribution < -0.4 is 5.73 Å². The third-order valence-electron chi connectivity index (χ3n) is 3.36. The van der Waals surface area contributed by atoms with Gasteiger partial charge in [0.2, 0.25) is 5.22 Å². The number of hydrogen-bond acceptors (Lipinski definition) is 3. The first-order valence-electron chi connectivity index (χ1n) is 5.87. The van der Waals surface area contributed by atoms with Crippen molar-refractivity contribution in [2.45, 2.75) is 25.8 Å². The van der Waals surface area contributed by atoms with Crippen LogP contribution in [0.2, 0.25) is 5.22 Å². The number of hydrogen-bond donors (Lipinski definition) is 1. The Hall–Kier alpha value is -1.00. The van der Waals surface area contributed by atoms with Crippen LogP contribution in [0.1, 0.15) is 30.1 Å². The van der Waals surface area contributed by atoms with Gasteiger partial charge in [0.1, 0.15) is 0 Å². The zero-order valence-electron chi connectivity index (χ0n) is 9.86. The van der Waals surface area contributed by atoms with Crippen LogP contribution in [0.5, 0.6) is 0 Å². The van der Waals surface area contributed by atoms with Crippen molar-refractivity contribution in [2.75, 3.05) is 13.1 Å². The van der Waals surface area contributed by atoms with Gasteiger partial charge in [-0.1, -0.05) is 6.92 Å². The van der Waals surface area contributed by atoms with Crippen molar-refractivity contribution < 1.29 is 9.21 Å². The number of carbonyl (C=O) groups excluding carboxylic acids is 1. The Morgan fingerprint density at radius 2 is 2.47 bits per heavy atom. The van der Waals surface area contributed by atoms with Gasteiger partial charge in [-0.2, -0.15) is 0 Å². The molecule has 2 unspecified atom stereocenters. The summed E-state index contributed by atoms with van der Waals surface area (Å²) in [6, 6.07) is 1.72. The zero-order chi connectivity index (χ0) is 12.4. The van der Waals surface area contributed by atoms with Crippen molar-refractivity contribution in [3.05, 3.63) is 23.1 Å². The minimum atomic E-state index is -0.0777. The second-order valence-electron chi connectivity index (χ2n) is 4.63. The summed E-state index contributed by atoms with van der Waals surface area (Å²) >= 11 is 5.83. The molecule has 1 fully saturated rings. The highest BCUT2D eigenvalue weighted by atomic mass is 35.5. The Kier molecular flexibility index (Phi) is 3.74. The number of likely N-dealkylation sites (tertiary alicyclic amines) is 1. The molecule has 0 spiro atoms. The topological polar surface area (TPSA) is 59.5 Å². The minimum absolute atomic E-state index is 0.0777. The van der Waals surface area contributed by atoms with Crippen molar-refractivity contribution in [3.8, 4) is 0 Å². The van der Waals surface area contributed by atoms with Gasteiger partial charge in [-0.25, -0.2) is 0 Å². The number of furan rings is 1. The predicted octanol–water partition coefficient (Wildman–Crippen LogP) is 2.13. The molecule has 0 aliphatic carbocycles. The van der Waals surface area contributed by atoms with Crippen molar-refractivity contribution >= 4 is 17.5 Å². The van der Waals surface area contributed by atoms with E-state index in [2.05, 4.69) is 6.92 Å². The second kappa shape index (κ2) is 5.10. The first-order chi connectivity index (χ1) is 8.13. The van der Waals surface area contributed by atoms with Crippen molar-refractivity contribution in [2.24, 2.45) is 11.7 Å². The van der Waals surface area contributed by atoms with E-state index in [1.165, 1.54) is 6.26 Å². The van der Waals surface area contributed by atoms with Crippen LogP contribution in [0, 0.1) is 5.92 Å². The van der Waals surface area contributed by atoms with E-state index >= 15 is 0 Å². The molecule has 1 aliphatic rings. The molecule has 1 aromatic heterocycles. The van der Waals surface area contributed by atoms with E-state index < -0.39 is 0 Å². The minimum Gasteiger partial charge on any atom is -0.452 e. The summed E-state index contributed by atoms with van der Waals surface area (Å²) in [6.45, 7) is 3.42. The van der Waals surface area contributed by atoms with Crippen molar-refractivity contribution in [3.63, 3.8) is 0 Å². The number of nitrogens with zero attached hydrogens (tertiary/aromatic N) is 1. The normalized spacial score (nSPS) is 25.0. The SMILES string of the molecule is CC1CCN(C(=O)c2ccoc2Cl)C(CN)C1. The zero-order valence-corrected chi connectivity index (χ0v) is 10.6. The maximum Gasteiger partial charge on any atom is 0.259 e. The van der Waals surface area contributed by atoms with Crippen LogP contribution in [-0.2, 0) is 0 Å². The van der Waals surface area contributed by atoms with E-state index in [-0.39, 0.29) is 17.2 Å². The monoisotopic (exact) mass is 256 g/mol. The molecule has 94 valence electrons. The average molecular weight is 257 g/mol. The molecule has 2 rings (SSSR count). The van der Waals surface area contributed by atoms with Gasteiger partial charge in [-0.05, 0) is 36.4 Å². The van der Waals surface area contributed by atoms with E-state index in [0.717, 1.165) is 19.4 Å². The molecule has 2 heterocycles. The molecule has 17 heavy (non-hydrogen) atoms. The van der Waals surface area contributed by atoms with Crippen molar-refractivity contribution in [1.82, 2.24) is 4.90 Å². The molecule has 2 atom stereocenters. The summed E-state index contributed by atoms with van der Waals surface area (Å²) in [5, 5.41) is 0.157. The van der Waals surface area contributed by atoms with E-state index in [9.17, 15) is 4.79 Å². The summed E-state index contributed by atoms with van der Waals surface area (Å²) in [5.41, 5.74) is 6.17. The molecule has 0 bridgehead atoms. The van der Waals surface area contributed by atoms with Gasteiger partial charge in [0.15, 0.2) is 0 Å². The lowest BCUT2D eigenvalue weighted by Gasteiger charge is -2.37. The number of carbonyl (C=O) groups is 1. The van der Waals surface area contributed by atoms with Crippen LogP contribution in [0.15, 0.2) is 16.7 Å². The summed E-state index contributed by atoms with van der Waals surface area (Å²) in [6.07, 6.45) is 3.40. The van der Waals surface area contributed by atoms with E-state index in [0.29, 0.717) is 18.0 Å². The van der Waals surface area contributed by atoms with Crippen LogP contribution >= 0.6 is 11.6 Å². The maximum atomic E-state index is 12.3. The lowest BCUT2D eigenvalue weighted by Crippen LogP contribution is -2.49. The van der Waals surface area contributed by atoms with E-state index in [1.54, 1.807) is 6.07 Å². The average Bonchev–Trinajstić information content (AvgIpc) is 2.74. The molecule has 1 aromatic rings. The molecule has 2 N–H and O–H groups in total. The van der Waals surface area contributed by atoms with Gasteiger partial charge in [-0.3, -0.25) is 4.79 Å².